The van der Waals surface area contributed by atoms with Crippen LogP contribution in [0.4, 0.5) is 4.39 Å². The van der Waals surface area contributed by atoms with Crippen LogP contribution in [-0.2, 0) is 11.0 Å². The number of hydrogen-bond donors (Lipinski definition) is 0. The van der Waals surface area contributed by atoms with Crippen LogP contribution in [0.25, 0.3) is 28.0 Å². The molecule has 0 aromatic heterocycles. The van der Waals surface area contributed by atoms with E-state index in [-0.39, 0.29) is 11.2 Å². The van der Waals surface area contributed by atoms with Gasteiger partial charge in [-0.2, -0.15) is 0 Å². The maximum absolute atomic E-state index is 14.9. The third-order valence-corrected chi connectivity index (χ3v) is 10.5. The summed E-state index contributed by atoms with van der Waals surface area (Å²) in [4.78, 5) is 0. The Balaban J connectivity index is 1.57. The topological polar surface area (TPSA) is 36.9 Å². The Morgan fingerprint density at radius 2 is 1.49 bits per heavy atom. The Hall–Kier alpha value is -4.04. The van der Waals surface area contributed by atoms with Crippen LogP contribution in [0, 0.1) is 9.39 Å². The predicted octanol–water partition coefficient (Wildman–Crippen LogP) is 10.0. The van der Waals surface area contributed by atoms with Gasteiger partial charge in [-0.1, -0.05) is 50.3 Å². The summed E-state index contributed by atoms with van der Waals surface area (Å²) in [5, 5.41) is 2.13. The summed E-state index contributed by atoms with van der Waals surface area (Å²) in [5.41, 5.74) is 6.09. The highest BCUT2D eigenvalue weighted by Crippen LogP contribution is 2.60. The number of benzene rings is 5. The van der Waals surface area contributed by atoms with Crippen LogP contribution in [0.15, 0.2) is 84.9 Å². The summed E-state index contributed by atoms with van der Waals surface area (Å²) < 4.78 is 40.3. The quantitative estimate of drug-likeness (QED) is 0.158. The predicted molar refractivity (Wildman–Crippen MR) is 186 cm³/mol. The Morgan fingerprint density at radius 3 is 2.18 bits per heavy atom. The molecule has 4 nitrogen and oxygen atoms in total. The van der Waals surface area contributed by atoms with E-state index in [2.05, 4.69) is 66.8 Å². The van der Waals surface area contributed by atoms with Crippen molar-refractivity contribution >= 4 is 39.4 Å². The van der Waals surface area contributed by atoms with Crippen molar-refractivity contribution in [2.75, 3.05) is 21.3 Å². The number of halogens is 2. The molecule has 0 radical (unpaired) electrons. The van der Waals surface area contributed by atoms with Crippen molar-refractivity contribution in [2.45, 2.75) is 37.7 Å². The van der Waals surface area contributed by atoms with Gasteiger partial charge in [0.2, 0.25) is 0 Å². The van der Waals surface area contributed by atoms with Crippen LogP contribution >= 0.6 is 22.6 Å². The SMILES string of the molecule is CCC1(CC)c2cc(F)ccc2-c2c1c1c(c3cc(I)ccc23)OC(c2ccc(OC)cc2)(c2ccc(OC)c(OC)c2)C=C1. The lowest BCUT2D eigenvalue weighted by Crippen LogP contribution is -2.35. The molecule has 2 aliphatic rings. The van der Waals surface area contributed by atoms with E-state index in [9.17, 15) is 4.39 Å². The Kier molecular flexibility index (Phi) is 7.31. The highest BCUT2D eigenvalue weighted by molar-refractivity contribution is 14.1. The van der Waals surface area contributed by atoms with Crippen LogP contribution in [-0.4, -0.2) is 21.3 Å². The van der Waals surface area contributed by atoms with Crippen LogP contribution < -0.4 is 18.9 Å². The molecule has 0 fully saturated rings. The van der Waals surface area contributed by atoms with Crippen molar-refractivity contribution in [3.63, 3.8) is 0 Å². The molecule has 1 unspecified atom stereocenters. The molecule has 0 saturated carbocycles. The van der Waals surface area contributed by atoms with Gasteiger partial charge in [0.15, 0.2) is 17.1 Å². The molecule has 0 saturated heterocycles. The van der Waals surface area contributed by atoms with Crippen molar-refractivity contribution in [1.29, 1.82) is 0 Å². The molecule has 1 aliphatic carbocycles. The molecule has 0 spiro atoms. The minimum absolute atomic E-state index is 0.209. The highest BCUT2D eigenvalue weighted by Gasteiger charge is 2.47. The van der Waals surface area contributed by atoms with E-state index in [0.717, 1.165) is 66.5 Å². The fourth-order valence-corrected chi connectivity index (χ4v) is 8.02. The number of methoxy groups -OCH3 is 3. The first-order valence-electron chi connectivity index (χ1n) is 15.2. The summed E-state index contributed by atoms with van der Waals surface area (Å²) in [6, 6.07) is 25.8. The van der Waals surface area contributed by atoms with Crippen LogP contribution in [0.2, 0.25) is 0 Å². The van der Waals surface area contributed by atoms with E-state index in [1.807, 2.05) is 48.5 Å². The number of rotatable bonds is 7. The molecule has 0 amide bonds. The maximum Gasteiger partial charge on any atom is 0.178 e. The second-order valence-electron chi connectivity index (χ2n) is 11.6. The van der Waals surface area contributed by atoms with Gasteiger partial charge in [-0.05, 0) is 118 Å². The largest absolute Gasteiger partial charge is 0.497 e. The van der Waals surface area contributed by atoms with Gasteiger partial charge in [0.1, 0.15) is 17.3 Å². The molecular weight excluding hydrogens is 678 g/mol. The normalized spacial score (nSPS) is 17.3. The summed E-state index contributed by atoms with van der Waals surface area (Å²) in [6.07, 6.45) is 6.04. The van der Waals surface area contributed by atoms with Crippen molar-refractivity contribution in [1.82, 2.24) is 0 Å². The number of hydrogen-bond acceptors (Lipinski definition) is 4. The fraction of sp³-hybridized carbons (Fsp3) is 0.231. The third kappa shape index (κ3) is 4.28. The summed E-state index contributed by atoms with van der Waals surface area (Å²) in [5.74, 6) is 2.63. The molecule has 5 aromatic rings. The van der Waals surface area contributed by atoms with E-state index >= 15 is 0 Å². The van der Waals surface area contributed by atoms with Crippen LogP contribution in [0.5, 0.6) is 23.0 Å². The molecule has 1 atom stereocenters. The molecule has 7 rings (SSSR count). The van der Waals surface area contributed by atoms with Gasteiger partial charge in [0.05, 0.1) is 21.3 Å². The lowest BCUT2D eigenvalue weighted by atomic mass is 9.71. The standard InChI is InChI=1S/C39H34FIO4/c1-6-38(7-2)32-21-25(40)11-15-29(32)35-28-16-12-26(41)22-31(28)37-30(36(35)38)18-19-39(45-37,23-8-13-27(42-3)14-9-23)24-10-17-33(43-4)34(20-24)44-5/h8-22H,6-7H2,1-5H3. The second-order valence-corrected chi connectivity index (χ2v) is 12.9. The van der Waals surface area contributed by atoms with Crippen molar-refractivity contribution in [3.05, 3.63) is 122 Å². The zero-order chi connectivity index (χ0) is 31.5. The average molecular weight is 713 g/mol. The lowest BCUT2D eigenvalue weighted by Gasteiger charge is -2.39. The first kappa shape index (κ1) is 29.7. The average Bonchev–Trinajstić information content (AvgIpc) is 3.37. The molecule has 5 aromatic carbocycles. The van der Waals surface area contributed by atoms with E-state index in [1.54, 1.807) is 33.5 Å². The third-order valence-electron chi connectivity index (χ3n) is 9.79. The minimum Gasteiger partial charge on any atom is -0.497 e. The zero-order valence-electron chi connectivity index (χ0n) is 26.0. The summed E-state index contributed by atoms with van der Waals surface area (Å²) in [7, 11) is 4.94. The lowest BCUT2D eigenvalue weighted by molar-refractivity contribution is 0.162. The first-order chi connectivity index (χ1) is 21.8. The minimum atomic E-state index is -0.986. The second kappa shape index (κ2) is 11.1. The van der Waals surface area contributed by atoms with E-state index in [0.29, 0.717) is 11.5 Å². The number of fused-ring (bicyclic) bond motifs is 8. The smallest absolute Gasteiger partial charge is 0.178 e. The van der Waals surface area contributed by atoms with Gasteiger partial charge >= 0.3 is 0 Å². The maximum atomic E-state index is 14.9. The van der Waals surface area contributed by atoms with E-state index < -0.39 is 5.60 Å². The zero-order valence-corrected chi connectivity index (χ0v) is 28.1. The van der Waals surface area contributed by atoms with E-state index in [4.69, 9.17) is 18.9 Å². The van der Waals surface area contributed by atoms with Gasteiger partial charge in [0, 0.05) is 31.1 Å². The molecule has 0 bridgehead atoms. The van der Waals surface area contributed by atoms with Crippen molar-refractivity contribution < 1.29 is 23.3 Å². The first-order valence-corrected chi connectivity index (χ1v) is 16.3. The van der Waals surface area contributed by atoms with Gasteiger partial charge in [-0.3, -0.25) is 0 Å². The Bertz CT molecular complexity index is 1990. The highest BCUT2D eigenvalue weighted by atomic mass is 127. The molecule has 1 heterocycles. The van der Waals surface area contributed by atoms with Crippen molar-refractivity contribution in [3.8, 4) is 34.1 Å². The van der Waals surface area contributed by atoms with Crippen LogP contribution in [0.3, 0.4) is 0 Å². The Morgan fingerprint density at radius 1 is 0.756 bits per heavy atom. The molecule has 6 heteroatoms. The molecule has 0 N–H and O–H groups in total. The molecular formula is C39H34FIO4. The summed E-state index contributed by atoms with van der Waals surface area (Å²) in [6.45, 7) is 4.41. The Labute approximate surface area is 276 Å². The molecule has 228 valence electrons. The van der Waals surface area contributed by atoms with Crippen LogP contribution in [0.1, 0.15) is 54.5 Å². The van der Waals surface area contributed by atoms with Gasteiger partial charge in [0.25, 0.3) is 0 Å². The van der Waals surface area contributed by atoms with E-state index in [1.165, 1.54) is 11.1 Å². The fourth-order valence-electron chi connectivity index (χ4n) is 7.52. The van der Waals surface area contributed by atoms with Crippen molar-refractivity contribution in [2.24, 2.45) is 0 Å². The molecule has 1 aliphatic heterocycles. The monoisotopic (exact) mass is 712 g/mol. The molecule has 45 heavy (non-hydrogen) atoms. The number of ether oxygens (including phenoxy) is 4. The van der Waals surface area contributed by atoms with Gasteiger partial charge in [-0.15, -0.1) is 0 Å². The van der Waals surface area contributed by atoms with Gasteiger partial charge < -0.3 is 18.9 Å². The van der Waals surface area contributed by atoms with Gasteiger partial charge in [-0.25, -0.2) is 4.39 Å². The summed E-state index contributed by atoms with van der Waals surface area (Å²) >= 11 is 2.37.